The Hall–Kier alpha value is -1.68. The van der Waals surface area contributed by atoms with E-state index >= 15 is 0 Å². The fourth-order valence-corrected chi connectivity index (χ4v) is 2.63. The fourth-order valence-electron chi connectivity index (χ4n) is 2.63. The van der Waals surface area contributed by atoms with Crippen molar-refractivity contribution in [2.24, 2.45) is 0 Å². The number of imide groups is 1. The van der Waals surface area contributed by atoms with Crippen LogP contribution < -0.4 is 0 Å². The number of rotatable bonds is 5. The van der Waals surface area contributed by atoms with Gasteiger partial charge in [0.2, 0.25) is 0 Å². The van der Waals surface area contributed by atoms with E-state index in [9.17, 15) is 9.59 Å². The maximum absolute atomic E-state index is 12.1. The van der Waals surface area contributed by atoms with Crippen molar-refractivity contribution in [3.8, 4) is 0 Å². The van der Waals surface area contributed by atoms with Gasteiger partial charge in [0.15, 0.2) is 0 Å². The minimum atomic E-state index is -0.164. The van der Waals surface area contributed by atoms with Gasteiger partial charge in [-0.3, -0.25) is 14.5 Å². The van der Waals surface area contributed by atoms with Gasteiger partial charge in [0.25, 0.3) is 11.8 Å². The Bertz CT molecular complexity index is 499. The monoisotopic (exact) mass is 259 g/mol. The number of epoxide rings is 1. The van der Waals surface area contributed by atoms with Crippen LogP contribution in [0.1, 0.15) is 46.9 Å². The van der Waals surface area contributed by atoms with Crippen molar-refractivity contribution in [2.45, 2.75) is 31.8 Å². The number of amides is 2. The van der Waals surface area contributed by atoms with Gasteiger partial charge in [-0.15, -0.1) is 0 Å². The van der Waals surface area contributed by atoms with Gasteiger partial charge in [-0.25, -0.2) is 0 Å². The van der Waals surface area contributed by atoms with E-state index in [0.29, 0.717) is 17.7 Å². The van der Waals surface area contributed by atoms with Crippen LogP contribution in [0.5, 0.6) is 0 Å². The topological polar surface area (TPSA) is 49.9 Å². The molecule has 1 saturated heterocycles. The van der Waals surface area contributed by atoms with Crippen molar-refractivity contribution in [3.05, 3.63) is 35.4 Å². The second-order valence-corrected chi connectivity index (χ2v) is 5.24. The average molecular weight is 259 g/mol. The molecule has 0 saturated carbocycles. The maximum Gasteiger partial charge on any atom is 0.261 e. The Morgan fingerprint density at radius 1 is 1.21 bits per heavy atom. The third-order valence-corrected chi connectivity index (χ3v) is 4.09. The lowest BCUT2D eigenvalue weighted by molar-refractivity contribution is 0.0647. The summed E-state index contributed by atoms with van der Waals surface area (Å²) in [7, 11) is 0. The zero-order valence-corrected chi connectivity index (χ0v) is 11.0. The predicted octanol–water partition coefficient (Wildman–Crippen LogP) is 2.24. The summed E-state index contributed by atoms with van der Waals surface area (Å²) in [6.45, 7) is 3.40. The molecule has 1 unspecified atom stereocenters. The summed E-state index contributed by atoms with van der Waals surface area (Å²) in [6, 6.07) is 7.01. The van der Waals surface area contributed by atoms with Gasteiger partial charge in [-0.1, -0.05) is 19.1 Å². The molecule has 4 heteroatoms. The van der Waals surface area contributed by atoms with E-state index in [1.54, 1.807) is 24.3 Å². The summed E-state index contributed by atoms with van der Waals surface area (Å²) < 4.78 is 5.44. The van der Waals surface area contributed by atoms with Crippen LogP contribution in [0.15, 0.2) is 24.3 Å². The SMILES string of the molecule is CCC1(CCCN2C(=O)c3ccccc3C2=O)CO1. The minimum absolute atomic E-state index is 0.0265. The Morgan fingerprint density at radius 2 is 1.79 bits per heavy atom. The number of hydrogen-bond donors (Lipinski definition) is 0. The number of hydrogen-bond acceptors (Lipinski definition) is 3. The first-order valence-corrected chi connectivity index (χ1v) is 6.76. The molecule has 3 rings (SSSR count). The smallest absolute Gasteiger partial charge is 0.261 e. The van der Waals surface area contributed by atoms with E-state index in [1.807, 2.05) is 0 Å². The van der Waals surface area contributed by atoms with Crippen LogP contribution in [0, 0.1) is 0 Å². The molecule has 2 aliphatic heterocycles. The Labute approximate surface area is 112 Å². The van der Waals surface area contributed by atoms with Gasteiger partial charge in [-0.2, -0.15) is 0 Å². The first kappa shape index (κ1) is 12.4. The Morgan fingerprint density at radius 3 is 2.26 bits per heavy atom. The van der Waals surface area contributed by atoms with E-state index in [2.05, 4.69) is 6.92 Å². The summed E-state index contributed by atoms with van der Waals surface area (Å²) in [5.74, 6) is -0.328. The molecule has 1 aromatic rings. The van der Waals surface area contributed by atoms with Gasteiger partial charge < -0.3 is 4.74 Å². The lowest BCUT2D eigenvalue weighted by atomic mass is 10.0. The third kappa shape index (κ3) is 2.06. The lowest BCUT2D eigenvalue weighted by Gasteiger charge is -2.15. The summed E-state index contributed by atoms with van der Waals surface area (Å²) in [5, 5.41) is 0. The molecule has 19 heavy (non-hydrogen) atoms. The fraction of sp³-hybridized carbons (Fsp3) is 0.467. The number of carbonyl (C=O) groups excluding carboxylic acids is 2. The highest BCUT2D eigenvalue weighted by Crippen LogP contribution is 2.35. The van der Waals surface area contributed by atoms with Gasteiger partial charge in [0.1, 0.15) is 0 Å². The molecule has 1 aromatic carbocycles. The molecular weight excluding hydrogens is 242 g/mol. The van der Waals surface area contributed by atoms with E-state index in [1.165, 1.54) is 4.90 Å². The first-order chi connectivity index (χ1) is 9.17. The van der Waals surface area contributed by atoms with Gasteiger partial charge >= 0.3 is 0 Å². The van der Waals surface area contributed by atoms with E-state index in [0.717, 1.165) is 25.9 Å². The van der Waals surface area contributed by atoms with Crippen molar-refractivity contribution in [3.63, 3.8) is 0 Å². The number of fused-ring (bicyclic) bond motifs is 1. The lowest BCUT2D eigenvalue weighted by Crippen LogP contribution is -2.31. The molecule has 0 radical (unpaired) electrons. The molecule has 2 aliphatic rings. The molecule has 2 heterocycles. The van der Waals surface area contributed by atoms with Crippen LogP contribution in [0.4, 0.5) is 0 Å². The molecule has 1 fully saturated rings. The van der Waals surface area contributed by atoms with E-state index in [4.69, 9.17) is 4.74 Å². The molecule has 1 atom stereocenters. The molecule has 0 spiro atoms. The van der Waals surface area contributed by atoms with Crippen LogP contribution in [0.25, 0.3) is 0 Å². The zero-order valence-electron chi connectivity index (χ0n) is 11.0. The first-order valence-electron chi connectivity index (χ1n) is 6.76. The summed E-state index contributed by atoms with van der Waals surface area (Å²) in [5.41, 5.74) is 1.08. The van der Waals surface area contributed by atoms with Crippen LogP contribution >= 0.6 is 0 Å². The average Bonchev–Trinajstić information content (AvgIpc) is 3.18. The van der Waals surface area contributed by atoms with Crippen LogP contribution in [-0.2, 0) is 4.74 Å². The number of carbonyl (C=O) groups is 2. The quantitative estimate of drug-likeness (QED) is 0.602. The van der Waals surface area contributed by atoms with Crippen molar-refractivity contribution in [1.82, 2.24) is 4.90 Å². The minimum Gasteiger partial charge on any atom is -0.370 e. The summed E-state index contributed by atoms with van der Waals surface area (Å²) in [6.07, 6.45) is 2.71. The molecule has 0 aliphatic carbocycles. The largest absolute Gasteiger partial charge is 0.370 e. The third-order valence-electron chi connectivity index (χ3n) is 4.09. The molecule has 100 valence electrons. The van der Waals surface area contributed by atoms with Gasteiger partial charge in [-0.05, 0) is 31.4 Å². The van der Waals surface area contributed by atoms with Crippen LogP contribution in [0.3, 0.4) is 0 Å². The zero-order chi connectivity index (χ0) is 13.5. The number of ether oxygens (including phenoxy) is 1. The van der Waals surface area contributed by atoms with Gasteiger partial charge in [0.05, 0.1) is 23.3 Å². The van der Waals surface area contributed by atoms with Crippen molar-refractivity contribution < 1.29 is 14.3 Å². The highest BCUT2D eigenvalue weighted by atomic mass is 16.6. The molecule has 0 bridgehead atoms. The van der Waals surface area contributed by atoms with Crippen molar-refractivity contribution in [1.29, 1.82) is 0 Å². The normalized spacial score (nSPS) is 24.8. The number of nitrogens with zero attached hydrogens (tertiary/aromatic N) is 1. The molecule has 0 aromatic heterocycles. The standard InChI is InChI=1S/C15H17NO3/c1-2-15(10-19-15)8-5-9-16-13(17)11-6-3-4-7-12(11)14(16)18/h3-4,6-7H,2,5,8-10H2,1H3. The summed E-state index contributed by atoms with van der Waals surface area (Å²) in [4.78, 5) is 25.6. The highest BCUT2D eigenvalue weighted by Gasteiger charge is 2.42. The van der Waals surface area contributed by atoms with Crippen molar-refractivity contribution >= 4 is 11.8 Å². The predicted molar refractivity (Wildman–Crippen MR) is 70.0 cm³/mol. The maximum atomic E-state index is 12.1. The van der Waals surface area contributed by atoms with E-state index < -0.39 is 0 Å². The number of benzene rings is 1. The van der Waals surface area contributed by atoms with Gasteiger partial charge in [0, 0.05) is 6.54 Å². The highest BCUT2D eigenvalue weighted by molar-refractivity contribution is 6.21. The Balaban J connectivity index is 1.64. The molecule has 0 N–H and O–H groups in total. The Kier molecular flexibility index (Phi) is 2.90. The molecular formula is C15H17NO3. The van der Waals surface area contributed by atoms with Crippen molar-refractivity contribution in [2.75, 3.05) is 13.2 Å². The molecule has 4 nitrogen and oxygen atoms in total. The second kappa shape index (κ2) is 4.46. The molecule has 2 amide bonds. The second-order valence-electron chi connectivity index (χ2n) is 5.24. The van der Waals surface area contributed by atoms with E-state index in [-0.39, 0.29) is 17.4 Å². The summed E-state index contributed by atoms with van der Waals surface area (Å²) >= 11 is 0. The van der Waals surface area contributed by atoms with Crippen LogP contribution in [0.2, 0.25) is 0 Å². The van der Waals surface area contributed by atoms with Crippen LogP contribution in [-0.4, -0.2) is 35.5 Å².